The Balaban J connectivity index is 2.28. The van der Waals surface area contributed by atoms with Gasteiger partial charge in [-0.2, -0.15) is 0 Å². The van der Waals surface area contributed by atoms with Crippen LogP contribution in [0.2, 0.25) is 0 Å². The Hall–Kier alpha value is -1.26. The Morgan fingerprint density at radius 3 is 2.81 bits per heavy atom. The minimum atomic E-state index is -0.697. The van der Waals surface area contributed by atoms with Crippen molar-refractivity contribution in [1.29, 1.82) is 0 Å². The summed E-state index contributed by atoms with van der Waals surface area (Å²) in [6.07, 6.45) is 2.37. The first kappa shape index (κ1) is 11.2. The lowest BCUT2D eigenvalue weighted by molar-refractivity contribution is 0.460. The molecule has 2 rings (SSSR count). The molecule has 0 spiro atoms. The average Bonchev–Trinajstić information content (AvgIpc) is 2.70. The SMILES string of the molecule is CC(N)(Cc1cncs1)c1ccccc1F. The van der Waals surface area contributed by atoms with E-state index in [1.54, 1.807) is 29.9 Å². The van der Waals surface area contributed by atoms with Crippen LogP contribution in [-0.2, 0) is 12.0 Å². The van der Waals surface area contributed by atoms with Gasteiger partial charge in [0.05, 0.1) is 5.51 Å². The molecule has 1 heterocycles. The molecule has 84 valence electrons. The lowest BCUT2D eigenvalue weighted by Crippen LogP contribution is -2.36. The number of nitrogens with zero attached hydrogens (tertiary/aromatic N) is 1. The number of hydrogen-bond donors (Lipinski definition) is 1. The zero-order chi connectivity index (χ0) is 11.6. The van der Waals surface area contributed by atoms with Gasteiger partial charge in [-0.15, -0.1) is 11.3 Å². The molecular formula is C12H13FN2S. The minimum Gasteiger partial charge on any atom is -0.321 e. The summed E-state index contributed by atoms with van der Waals surface area (Å²) in [5, 5.41) is 0. The highest BCUT2D eigenvalue weighted by atomic mass is 32.1. The summed E-state index contributed by atoms with van der Waals surface area (Å²) in [4.78, 5) is 5.05. The van der Waals surface area contributed by atoms with Crippen LogP contribution in [0.5, 0.6) is 0 Å². The maximum atomic E-state index is 13.6. The van der Waals surface area contributed by atoms with Crippen molar-refractivity contribution in [3.05, 3.63) is 52.2 Å². The molecule has 0 saturated heterocycles. The highest BCUT2D eigenvalue weighted by Gasteiger charge is 2.25. The largest absolute Gasteiger partial charge is 0.321 e. The van der Waals surface area contributed by atoms with Crippen LogP contribution in [0, 0.1) is 5.82 Å². The molecule has 2 nitrogen and oxygen atoms in total. The summed E-state index contributed by atoms with van der Waals surface area (Å²) >= 11 is 1.54. The van der Waals surface area contributed by atoms with Gasteiger partial charge in [0.15, 0.2) is 0 Å². The zero-order valence-corrected chi connectivity index (χ0v) is 9.80. The van der Waals surface area contributed by atoms with Gasteiger partial charge in [0.25, 0.3) is 0 Å². The Morgan fingerprint density at radius 2 is 2.19 bits per heavy atom. The number of thiazole rings is 1. The van der Waals surface area contributed by atoms with Gasteiger partial charge in [-0.25, -0.2) is 4.39 Å². The first-order chi connectivity index (χ1) is 7.59. The zero-order valence-electron chi connectivity index (χ0n) is 8.98. The summed E-state index contributed by atoms with van der Waals surface area (Å²) in [5.74, 6) is -0.253. The van der Waals surface area contributed by atoms with E-state index in [-0.39, 0.29) is 5.82 Å². The third kappa shape index (κ3) is 2.28. The van der Waals surface area contributed by atoms with Crippen LogP contribution in [0.25, 0.3) is 0 Å². The molecule has 0 amide bonds. The Kier molecular flexibility index (Phi) is 3.03. The van der Waals surface area contributed by atoms with Crippen LogP contribution in [0.4, 0.5) is 4.39 Å². The number of hydrogen-bond acceptors (Lipinski definition) is 3. The van der Waals surface area contributed by atoms with E-state index < -0.39 is 5.54 Å². The molecule has 0 aliphatic heterocycles. The maximum Gasteiger partial charge on any atom is 0.128 e. The van der Waals surface area contributed by atoms with Crippen LogP contribution in [-0.4, -0.2) is 4.98 Å². The first-order valence-electron chi connectivity index (χ1n) is 5.01. The van der Waals surface area contributed by atoms with Crippen molar-refractivity contribution in [3.63, 3.8) is 0 Å². The van der Waals surface area contributed by atoms with Gasteiger partial charge in [0.2, 0.25) is 0 Å². The van der Waals surface area contributed by atoms with Gasteiger partial charge < -0.3 is 5.73 Å². The maximum absolute atomic E-state index is 13.6. The molecule has 0 aliphatic carbocycles. The van der Waals surface area contributed by atoms with Crippen molar-refractivity contribution >= 4 is 11.3 Å². The van der Waals surface area contributed by atoms with Crippen LogP contribution in [0.1, 0.15) is 17.4 Å². The van der Waals surface area contributed by atoms with E-state index in [1.165, 1.54) is 17.4 Å². The van der Waals surface area contributed by atoms with Crippen LogP contribution >= 0.6 is 11.3 Å². The van der Waals surface area contributed by atoms with Gasteiger partial charge in [0.1, 0.15) is 5.82 Å². The van der Waals surface area contributed by atoms with Gasteiger partial charge in [-0.3, -0.25) is 4.98 Å². The van der Waals surface area contributed by atoms with Gasteiger partial charge in [-0.1, -0.05) is 18.2 Å². The summed E-state index contributed by atoms with van der Waals surface area (Å²) in [5.41, 5.74) is 7.77. The summed E-state index contributed by atoms with van der Waals surface area (Å²) < 4.78 is 13.6. The molecule has 1 atom stereocenters. The topological polar surface area (TPSA) is 38.9 Å². The standard InChI is InChI=1S/C12H13FN2S/c1-12(14,6-9-7-15-8-16-9)10-4-2-3-5-11(10)13/h2-5,7-8H,6,14H2,1H3. The van der Waals surface area contributed by atoms with E-state index in [4.69, 9.17) is 5.73 Å². The second-order valence-electron chi connectivity index (χ2n) is 4.04. The number of rotatable bonds is 3. The molecular weight excluding hydrogens is 223 g/mol. The lowest BCUT2D eigenvalue weighted by atomic mass is 9.89. The van der Waals surface area contributed by atoms with Gasteiger partial charge in [0, 0.05) is 28.6 Å². The Morgan fingerprint density at radius 1 is 1.44 bits per heavy atom. The number of aromatic nitrogens is 1. The summed E-state index contributed by atoms with van der Waals surface area (Å²) in [7, 11) is 0. The molecule has 4 heteroatoms. The second kappa shape index (κ2) is 4.31. The van der Waals surface area contributed by atoms with Gasteiger partial charge in [-0.05, 0) is 13.0 Å². The number of halogens is 1. The average molecular weight is 236 g/mol. The third-order valence-corrected chi connectivity index (χ3v) is 3.29. The minimum absolute atomic E-state index is 0.253. The van der Waals surface area contributed by atoms with Crippen molar-refractivity contribution in [2.24, 2.45) is 5.73 Å². The van der Waals surface area contributed by atoms with E-state index in [2.05, 4.69) is 4.98 Å². The molecule has 0 aliphatic rings. The normalized spacial score (nSPS) is 14.7. The predicted molar refractivity (Wildman–Crippen MR) is 63.8 cm³/mol. The molecule has 0 saturated carbocycles. The predicted octanol–water partition coefficient (Wildman–Crippen LogP) is 2.70. The Bertz CT molecular complexity index is 466. The fraction of sp³-hybridized carbons (Fsp3) is 0.250. The van der Waals surface area contributed by atoms with Crippen molar-refractivity contribution in [1.82, 2.24) is 4.98 Å². The van der Waals surface area contributed by atoms with Crippen LogP contribution in [0.15, 0.2) is 36.0 Å². The number of nitrogens with two attached hydrogens (primary N) is 1. The fourth-order valence-corrected chi connectivity index (χ4v) is 2.47. The van der Waals surface area contributed by atoms with Crippen LogP contribution in [0.3, 0.4) is 0 Å². The van der Waals surface area contributed by atoms with Crippen molar-refractivity contribution in [2.45, 2.75) is 18.9 Å². The highest BCUT2D eigenvalue weighted by molar-refractivity contribution is 7.09. The smallest absolute Gasteiger partial charge is 0.128 e. The number of benzene rings is 1. The summed E-state index contributed by atoms with van der Waals surface area (Å²) in [6.45, 7) is 1.84. The van der Waals surface area contributed by atoms with E-state index in [0.717, 1.165) is 4.88 Å². The monoisotopic (exact) mass is 236 g/mol. The van der Waals surface area contributed by atoms with Crippen molar-refractivity contribution in [2.75, 3.05) is 0 Å². The van der Waals surface area contributed by atoms with Crippen molar-refractivity contribution in [3.8, 4) is 0 Å². The first-order valence-corrected chi connectivity index (χ1v) is 5.89. The Labute approximate surface area is 97.9 Å². The molecule has 1 aromatic carbocycles. The van der Waals surface area contributed by atoms with Crippen molar-refractivity contribution < 1.29 is 4.39 Å². The lowest BCUT2D eigenvalue weighted by Gasteiger charge is -2.24. The van der Waals surface area contributed by atoms with E-state index in [1.807, 2.05) is 6.92 Å². The van der Waals surface area contributed by atoms with E-state index >= 15 is 0 Å². The van der Waals surface area contributed by atoms with E-state index in [9.17, 15) is 4.39 Å². The summed E-state index contributed by atoms with van der Waals surface area (Å²) in [6, 6.07) is 6.64. The molecule has 1 unspecified atom stereocenters. The molecule has 1 aromatic heterocycles. The molecule has 0 bridgehead atoms. The highest BCUT2D eigenvalue weighted by Crippen LogP contribution is 2.26. The van der Waals surface area contributed by atoms with E-state index in [0.29, 0.717) is 12.0 Å². The molecule has 2 N–H and O–H groups in total. The molecule has 2 aromatic rings. The molecule has 0 radical (unpaired) electrons. The van der Waals surface area contributed by atoms with Crippen LogP contribution < -0.4 is 5.73 Å². The fourth-order valence-electron chi connectivity index (χ4n) is 1.71. The third-order valence-electron chi connectivity index (χ3n) is 2.51. The molecule has 16 heavy (non-hydrogen) atoms. The second-order valence-corrected chi connectivity index (χ2v) is 5.01. The van der Waals surface area contributed by atoms with Gasteiger partial charge >= 0.3 is 0 Å². The molecule has 0 fully saturated rings. The quantitative estimate of drug-likeness (QED) is 0.890.